The predicted molar refractivity (Wildman–Crippen MR) is 125 cm³/mol. The molecule has 0 spiro atoms. The molecule has 0 radical (unpaired) electrons. The van der Waals surface area contributed by atoms with E-state index in [0.717, 1.165) is 5.56 Å². The van der Waals surface area contributed by atoms with Crippen LogP contribution in [0.3, 0.4) is 0 Å². The fourth-order valence-electron chi connectivity index (χ4n) is 3.84. The Morgan fingerprint density at radius 3 is 2.30 bits per heavy atom. The van der Waals surface area contributed by atoms with Gasteiger partial charge in [0.1, 0.15) is 5.82 Å². The van der Waals surface area contributed by atoms with Crippen molar-refractivity contribution in [1.29, 1.82) is 0 Å². The molecule has 1 aliphatic heterocycles. The van der Waals surface area contributed by atoms with Gasteiger partial charge in [0.2, 0.25) is 0 Å². The van der Waals surface area contributed by atoms with Crippen LogP contribution < -0.4 is 4.74 Å². The molecule has 1 fully saturated rings. The third-order valence-electron chi connectivity index (χ3n) is 5.58. The maximum atomic E-state index is 13.2. The number of nitrogens with zero attached hydrogens (tertiary/aromatic N) is 2. The van der Waals surface area contributed by atoms with Gasteiger partial charge in [-0.05, 0) is 50.6 Å². The minimum atomic E-state index is -0.537. The first-order valence-electron chi connectivity index (χ1n) is 10.8. The van der Waals surface area contributed by atoms with Crippen LogP contribution in [0, 0.1) is 5.82 Å². The fourth-order valence-corrected chi connectivity index (χ4v) is 4.43. The molecule has 6 nitrogen and oxygen atoms in total. The Kier molecular flexibility index (Phi) is 8.57. The van der Waals surface area contributed by atoms with Gasteiger partial charge in [-0.2, -0.15) is 0 Å². The highest BCUT2D eigenvalue weighted by atomic mass is 35.5. The second-order valence-corrected chi connectivity index (χ2v) is 8.89. The molecule has 0 saturated carbocycles. The van der Waals surface area contributed by atoms with E-state index in [2.05, 4.69) is 11.8 Å². The summed E-state index contributed by atoms with van der Waals surface area (Å²) in [7, 11) is 0. The zero-order chi connectivity index (χ0) is 24.1. The molecular weight excluding hydrogens is 470 g/mol. The van der Waals surface area contributed by atoms with Crippen LogP contribution in [0.1, 0.15) is 36.7 Å². The normalized spacial score (nSPS) is 18.8. The van der Waals surface area contributed by atoms with Crippen molar-refractivity contribution in [1.82, 2.24) is 9.80 Å². The summed E-state index contributed by atoms with van der Waals surface area (Å²) in [6.45, 7) is 7.64. The standard InChI is InChI=1S/C24H27Cl2FN2O4/c1-4-32-24(31)18-9-20(25)23(21(26)10-18)33-14-22(30)29-12-15(2)28(11-16(29)3)13-17-5-7-19(27)8-6-17/h5-10,15-16H,4,11-14H2,1-3H3. The molecule has 2 atom stereocenters. The summed E-state index contributed by atoms with van der Waals surface area (Å²) in [6.07, 6.45) is 0. The van der Waals surface area contributed by atoms with Crippen molar-refractivity contribution < 1.29 is 23.5 Å². The maximum absolute atomic E-state index is 13.2. The predicted octanol–water partition coefficient (Wildman–Crippen LogP) is 4.81. The van der Waals surface area contributed by atoms with E-state index < -0.39 is 5.97 Å². The van der Waals surface area contributed by atoms with E-state index in [4.69, 9.17) is 32.7 Å². The molecular formula is C24H27Cl2FN2O4. The van der Waals surface area contributed by atoms with E-state index in [9.17, 15) is 14.0 Å². The van der Waals surface area contributed by atoms with Gasteiger partial charge in [0.25, 0.3) is 5.91 Å². The van der Waals surface area contributed by atoms with E-state index >= 15 is 0 Å². The van der Waals surface area contributed by atoms with Crippen molar-refractivity contribution in [2.24, 2.45) is 0 Å². The summed E-state index contributed by atoms with van der Waals surface area (Å²) in [6, 6.07) is 9.36. The highest BCUT2D eigenvalue weighted by Crippen LogP contribution is 2.34. The lowest BCUT2D eigenvalue weighted by Crippen LogP contribution is -2.58. The van der Waals surface area contributed by atoms with Gasteiger partial charge < -0.3 is 14.4 Å². The van der Waals surface area contributed by atoms with E-state index in [0.29, 0.717) is 19.6 Å². The second-order valence-electron chi connectivity index (χ2n) is 8.08. The molecule has 3 rings (SSSR count). The van der Waals surface area contributed by atoms with Crippen LogP contribution in [-0.4, -0.2) is 60.1 Å². The first-order chi connectivity index (χ1) is 15.7. The minimum absolute atomic E-state index is 0.0325. The largest absolute Gasteiger partial charge is 0.481 e. The molecule has 0 aliphatic carbocycles. The Bertz CT molecular complexity index is 979. The molecule has 1 amide bonds. The van der Waals surface area contributed by atoms with Crippen molar-refractivity contribution in [3.63, 3.8) is 0 Å². The van der Waals surface area contributed by atoms with Gasteiger partial charge in [0.05, 0.1) is 22.2 Å². The molecule has 9 heteroatoms. The lowest BCUT2D eigenvalue weighted by atomic mass is 10.1. The molecule has 0 aromatic heterocycles. The molecule has 178 valence electrons. The molecule has 33 heavy (non-hydrogen) atoms. The van der Waals surface area contributed by atoms with Crippen LogP contribution in [0.4, 0.5) is 4.39 Å². The quantitative estimate of drug-likeness (QED) is 0.514. The van der Waals surface area contributed by atoms with Crippen LogP contribution in [-0.2, 0) is 16.1 Å². The number of halogens is 3. The van der Waals surface area contributed by atoms with Gasteiger partial charge in [-0.3, -0.25) is 9.69 Å². The van der Waals surface area contributed by atoms with Gasteiger partial charge in [-0.25, -0.2) is 9.18 Å². The van der Waals surface area contributed by atoms with Crippen LogP contribution in [0.2, 0.25) is 10.0 Å². The minimum Gasteiger partial charge on any atom is -0.481 e. The number of hydrogen-bond donors (Lipinski definition) is 0. The summed E-state index contributed by atoms with van der Waals surface area (Å²) in [5, 5.41) is 0.257. The third-order valence-corrected chi connectivity index (χ3v) is 6.15. The SMILES string of the molecule is CCOC(=O)c1cc(Cl)c(OCC(=O)N2CC(C)N(Cc3ccc(F)cc3)CC2C)c(Cl)c1. The first kappa shape index (κ1) is 25.3. The summed E-state index contributed by atoms with van der Waals surface area (Å²) in [5.41, 5.74) is 1.24. The molecule has 0 bridgehead atoms. The Hall–Kier alpha value is -2.35. The number of benzene rings is 2. The monoisotopic (exact) mass is 496 g/mol. The van der Waals surface area contributed by atoms with Crippen molar-refractivity contribution in [2.75, 3.05) is 26.3 Å². The smallest absolute Gasteiger partial charge is 0.338 e. The molecule has 1 aliphatic rings. The van der Waals surface area contributed by atoms with E-state index in [-0.39, 0.29) is 58.4 Å². The number of ether oxygens (including phenoxy) is 2. The Morgan fingerprint density at radius 2 is 1.70 bits per heavy atom. The Labute approximate surface area is 203 Å². The third kappa shape index (κ3) is 6.37. The van der Waals surface area contributed by atoms with Crippen LogP contribution in [0.25, 0.3) is 0 Å². The van der Waals surface area contributed by atoms with Crippen molar-refractivity contribution in [3.05, 3.63) is 63.4 Å². The zero-order valence-electron chi connectivity index (χ0n) is 18.8. The Morgan fingerprint density at radius 1 is 1.06 bits per heavy atom. The Balaban J connectivity index is 1.60. The van der Waals surface area contributed by atoms with Gasteiger partial charge >= 0.3 is 5.97 Å². The summed E-state index contributed by atoms with van der Waals surface area (Å²) < 4.78 is 23.8. The highest BCUT2D eigenvalue weighted by Gasteiger charge is 2.32. The molecule has 1 saturated heterocycles. The maximum Gasteiger partial charge on any atom is 0.338 e. The number of piperazine rings is 1. The zero-order valence-corrected chi connectivity index (χ0v) is 20.3. The number of esters is 1. The van der Waals surface area contributed by atoms with Crippen molar-refractivity contribution in [3.8, 4) is 5.75 Å². The van der Waals surface area contributed by atoms with Crippen LogP contribution in [0.5, 0.6) is 5.75 Å². The average molecular weight is 497 g/mol. The number of amides is 1. The average Bonchev–Trinajstić information content (AvgIpc) is 2.76. The number of carbonyl (C=O) groups is 2. The molecule has 2 aromatic carbocycles. The lowest BCUT2D eigenvalue weighted by Gasteiger charge is -2.44. The second kappa shape index (κ2) is 11.2. The fraction of sp³-hybridized carbons (Fsp3) is 0.417. The highest BCUT2D eigenvalue weighted by molar-refractivity contribution is 6.37. The number of hydrogen-bond acceptors (Lipinski definition) is 5. The number of carbonyl (C=O) groups excluding carboxylic acids is 2. The van der Waals surface area contributed by atoms with Gasteiger partial charge in [0, 0.05) is 31.7 Å². The summed E-state index contributed by atoms with van der Waals surface area (Å²) >= 11 is 12.5. The van der Waals surface area contributed by atoms with Crippen molar-refractivity contribution >= 4 is 35.1 Å². The summed E-state index contributed by atoms with van der Waals surface area (Å²) in [5.74, 6) is -0.829. The van der Waals surface area contributed by atoms with Crippen LogP contribution in [0.15, 0.2) is 36.4 Å². The topological polar surface area (TPSA) is 59.1 Å². The van der Waals surface area contributed by atoms with Gasteiger partial charge in [0.15, 0.2) is 12.4 Å². The van der Waals surface area contributed by atoms with Gasteiger partial charge in [-0.15, -0.1) is 0 Å². The first-order valence-corrected chi connectivity index (χ1v) is 11.5. The summed E-state index contributed by atoms with van der Waals surface area (Å²) in [4.78, 5) is 28.8. The van der Waals surface area contributed by atoms with Gasteiger partial charge in [-0.1, -0.05) is 35.3 Å². The molecule has 1 heterocycles. The molecule has 2 unspecified atom stereocenters. The van der Waals surface area contributed by atoms with E-state index in [1.807, 2.05) is 6.92 Å². The van der Waals surface area contributed by atoms with Crippen molar-refractivity contribution in [2.45, 2.75) is 39.4 Å². The lowest BCUT2D eigenvalue weighted by molar-refractivity contribution is -0.139. The van der Waals surface area contributed by atoms with Crippen LogP contribution >= 0.6 is 23.2 Å². The van der Waals surface area contributed by atoms with E-state index in [1.54, 1.807) is 24.0 Å². The number of rotatable bonds is 7. The molecule has 0 N–H and O–H groups in total. The van der Waals surface area contributed by atoms with E-state index in [1.165, 1.54) is 24.3 Å². The molecule has 2 aromatic rings.